The second kappa shape index (κ2) is 7.98. The summed E-state index contributed by atoms with van der Waals surface area (Å²) in [5.74, 6) is 0.680. The summed E-state index contributed by atoms with van der Waals surface area (Å²) in [7, 11) is -2.28. The number of halogens is 1. The molecule has 1 aliphatic heterocycles. The molecule has 0 saturated carbocycles. The molecule has 11 heteroatoms. The maximum absolute atomic E-state index is 13.0. The Morgan fingerprint density at radius 2 is 1.93 bits per heavy atom. The van der Waals surface area contributed by atoms with E-state index in [-0.39, 0.29) is 10.8 Å². The molecule has 2 aromatic heterocycles. The summed E-state index contributed by atoms with van der Waals surface area (Å²) in [5.41, 5.74) is 0.331. The Kier molecular flexibility index (Phi) is 5.56. The number of rotatable bonds is 4. The van der Waals surface area contributed by atoms with Crippen LogP contribution in [-0.4, -0.2) is 62.4 Å². The molecule has 8 nitrogen and oxygen atoms in total. The van der Waals surface area contributed by atoms with Gasteiger partial charge in [0.2, 0.25) is 10.0 Å². The van der Waals surface area contributed by atoms with Crippen molar-refractivity contribution in [3.8, 4) is 0 Å². The van der Waals surface area contributed by atoms with Gasteiger partial charge in [-0.3, -0.25) is 4.79 Å². The van der Waals surface area contributed by atoms with E-state index >= 15 is 0 Å². The summed E-state index contributed by atoms with van der Waals surface area (Å²) in [4.78, 5) is 26.6. The van der Waals surface area contributed by atoms with Gasteiger partial charge in [0.25, 0.3) is 5.91 Å². The van der Waals surface area contributed by atoms with Gasteiger partial charge in [-0.1, -0.05) is 0 Å². The van der Waals surface area contributed by atoms with Crippen molar-refractivity contribution in [3.63, 3.8) is 0 Å². The summed E-state index contributed by atoms with van der Waals surface area (Å²) in [6, 6.07) is 6.47. The average Bonchev–Trinajstić information content (AvgIpc) is 3.22. The zero-order chi connectivity index (χ0) is 20.6. The molecular formula is C18H18BrN5O3S2. The van der Waals surface area contributed by atoms with E-state index in [1.54, 1.807) is 28.6 Å². The number of nitrogens with zero attached hydrogens (tertiary/aromatic N) is 4. The number of carbonyl (C=O) groups excluding carboxylic acids is 1. The number of hydrogen-bond acceptors (Lipinski definition) is 7. The van der Waals surface area contributed by atoms with Gasteiger partial charge >= 0.3 is 0 Å². The minimum Gasteiger partial charge on any atom is -0.352 e. The lowest BCUT2D eigenvalue weighted by molar-refractivity contribution is 0.0745. The molecule has 1 aliphatic rings. The minimum absolute atomic E-state index is 0.0611. The molecule has 3 aromatic rings. The SMILES string of the molecule is CNS(=O)(=O)c1ccc(Br)c(C(=O)N2CCN(c3ncnc4sccc34)CC2)c1. The van der Waals surface area contributed by atoms with Crippen LogP contribution in [0.15, 0.2) is 45.3 Å². The first-order valence-corrected chi connectivity index (χ1v) is 12.0. The number of anilines is 1. The molecule has 29 heavy (non-hydrogen) atoms. The monoisotopic (exact) mass is 495 g/mol. The van der Waals surface area contributed by atoms with Gasteiger partial charge in [-0.2, -0.15) is 0 Å². The Morgan fingerprint density at radius 3 is 2.66 bits per heavy atom. The molecule has 0 atom stereocenters. The van der Waals surface area contributed by atoms with Gasteiger partial charge in [-0.25, -0.2) is 23.1 Å². The Balaban J connectivity index is 1.52. The zero-order valence-electron chi connectivity index (χ0n) is 15.5. The average molecular weight is 496 g/mol. The highest BCUT2D eigenvalue weighted by atomic mass is 79.9. The molecule has 1 aromatic carbocycles. The highest BCUT2D eigenvalue weighted by molar-refractivity contribution is 9.10. The van der Waals surface area contributed by atoms with Gasteiger partial charge in [-0.15, -0.1) is 11.3 Å². The number of sulfonamides is 1. The van der Waals surface area contributed by atoms with Crippen LogP contribution in [0.5, 0.6) is 0 Å². The van der Waals surface area contributed by atoms with Crippen LogP contribution in [0.25, 0.3) is 10.2 Å². The van der Waals surface area contributed by atoms with E-state index in [1.165, 1.54) is 19.2 Å². The van der Waals surface area contributed by atoms with Crippen molar-refractivity contribution in [1.29, 1.82) is 0 Å². The molecule has 0 spiro atoms. The number of hydrogen-bond donors (Lipinski definition) is 1. The van der Waals surface area contributed by atoms with Crippen molar-refractivity contribution < 1.29 is 13.2 Å². The number of piperazine rings is 1. The second-order valence-corrected chi connectivity index (χ2v) is 10.1. The van der Waals surface area contributed by atoms with Gasteiger partial charge in [-0.05, 0) is 52.6 Å². The van der Waals surface area contributed by atoms with E-state index < -0.39 is 10.0 Å². The van der Waals surface area contributed by atoms with E-state index in [9.17, 15) is 13.2 Å². The topological polar surface area (TPSA) is 95.5 Å². The maximum Gasteiger partial charge on any atom is 0.255 e. The molecule has 1 amide bonds. The number of fused-ring (bicyclic) bond motifs is 1. The van der Waals surface area contributed by atoms with Crippen LogP contribution in [0.3, 0.4) is 0 Å². The van der Waals surface area contributed by atoms with Crippen LogP contribution in [0.2, 0.25) is 0 Å². The van der Waals surface area contributed by atoms with Gasteiger partial charge in [0, 0.05) is 30.7 Å². The molecule has 152 valence electrons. The Morgan fingerprint density at radius 1 is 1.17 bits per heavy atom. The molecule has 3 heterocycles. The first kappa shape index (κ1) is 20.2. The number of benzene rings is 1. The predicted octanol–water partition coefficient (Wildman–Crippen LogP) is 2.32. The third-order valence-corrected chi connectivity index (χ3v) is 7.78. The van der Waals surface area contributed by atoms with Gasteiger partial charge < -0.3 is 9.80 Å². The standard InChI is InChI=1S/C18H18BrN5O3S2/c1-20-29(26,27)12-2-3-15(19)14(10-12)18(25)24-7-5-23(6-8-24)16-13-4-9-28-17(13)22-11-21-16/h2-4,9-11,20H,5-8H2,1H3. The summed E-state index contributed by atoms with van der Waals surface area (Å²) in [6.07, 6.45) is 1.57. The largest absolute Gasteiger partial charge is 0.352 e. The fourth-order valence-electron chi connectivity index (χ4n) is 3.27. The van der Waals surface area contributed by atoms with Gasteiger partial charge in [0.15, 0.2) is 0 Å². The fraction of sp³-hybridized carbons (Fsp3) is 0.278. The second-order valence-electron chi connectivity index (χ2n) is 6.47. The maximum atomic E-state index is 13.0. The zero-order valence-corrected chi connectivity index (χ0v) is 18.7. The molecule has 0 unspecified atom stereocenters. The first-order chi connectivity index (χ1) is 13.9. The summed E-state index contributed by atoms with van der Waals surface area (Å²) in [6.45, 7) is 2.31. The van der Waals surface area contributed by atoms with E-state index in [1.807, 2.05) is 11.4 Å². The minimum atomic E-state index is -3.62. The van der Waals surface area contributed by atoms with E-state index in [0.29, 0.717) is 36.2 Å². The number of thiophene rings is 1. The number of amides is 1. The summed E-state index contributed by atoms with van der Waals surface area (Å²) >= 11 is 4.94. The quantitative estimate of drug-likeness (QED) is 0.596. The fourth-order valence-corrected chi connectivity index (χ4v) is 5.17. The highest BCUT2D eigenvalue weighted by Crippen LogP contribution is 2.28. The molecular weight excluding hydrogens is 478 g/mol. The normalized spacial score (nSPS) is 15.1. The van der Waals surface area contributed by atoms with Crippen molar-refractivity contribution in [2.45, 2.75) is 4.90 Å². The summed E-state index contributed by atoms with van der Waals surface area (Å²) < 4.78 is 27.0. The third-order valence-electron chi connectivity index (χ3n) is 4.85. The summed E-state index contributed by atoms with van der Waals surface area (Å²) in [5, 5.41) is 3.01. The molecule has 1 saturated heterocycles. The Bertz CT molecular complexity index is 1170. The van der Waals surface area contributed by atoms with E-state index in [4.69, 9.17) is 0 Å². The highest BCUT2D eigenvalue weighted by Gasteiger charge is 2.26. The Labute approximate surface area is 180 Å². The van der Waals surface area contributed by atoms with Crippen LogP contribution in [-0.2, 0) is 10.0 Å². The molecule has 1 fully saturated rings. The van der Waals surface area contributed by atoms with Crippen molar-refractivity contribution in [2.24, 2.45) is 0 Å². The molecule has 0 bridgehead atoms. The van der Waals surface area contributed by atoms with Crippen molar-refractivity contribution >= 4 is 59.2 Å². The van der Waals surface area contributed by atoms with Crippen LogP contribution < -0.4 is 9.62 Å². The lowest BCUT2D eigenvalue weighted by atomic mass is 10.1. The van der Waals surface area contributed by atoms with E-state index in [0.717, 1.165) is 16.0 Å². The number of carbonyl (C=O) groups is 1. The smallest absolute Gasteiger partial charge is 0.255 e. The lowest BCUT2D eigenvalue weighted by Gasteiger charge is -2.35. The van der Waals surface area contributed by atoms with Crippen molar-refractivity contribution in [2.75, 3.05) is 38.1 Å². The van der Waals surface area contributed by atoms with Crippen LogP contribution >= 0.6 is 27.3 Å². The van der Waals surface area contributed by atoms with Crippen LogP contribution in [0.1, 0.15) is 10.4 Å². The van der Waals surface area contributed by atoms with Crippen molar-refractivity contribution in [3.05, 3.63) is 46.0 Å². The predicted molar refractivity (Wildman–Crippen MR) is 116 cm³/mol. The molecule has 1 N–H and O–H groups in total. The number of aromatic nitrogens is 2. The van der Waals surface area contributed by atoms with Gasteiger partial charge in [0.1, 0.15) is 17.0 Å². The van der Waals surface area contributed by atoms with Gasteiger partial charge in [0.05, 0.1) is 15.8 Å². The molecule has 0 radical (unpaired) electrons. The number of nitrogens with one attached hydrogen (secondary N) is 1. The molecule has 0 aliphatic carbocycles. The van der Waals surface area contributed by atoms with Crippen LogP contribution in [0.4, 0.5) is 5.82 Å². The van der Waals surface area contributed by atoms with Crippen molar-refractivity contribution in [1.82, 2.24) is 19.6 Å². The van der Waals surface area contributed by atoms with E-state index in [2.05, 4.69) is 35.5 Å². The Hall–Kier alpha value is -2.08. The lowest BCUT2D eigenvalue weighted by Crippen LogP contribution is -2.49. The van der Waals surface area contributed by atoms with Crippen LogP contribution in [0, 0.1) is 0 Å². The molecule has 4 rings (SSSR count). The first-order valence-electron chi connectivity index (χ1n) is 8.86. The third kappa shape index (κ3) is 3.87.